The van der Waals surface area contributed by atoms with E-state index in [-0.39, 0.29) is 17.1 Å². The number of hydrogen-bond acceptors (Lipinski definition) is 4. The molecule has 0 fully saturated rings. The predicted octanol–water partition coefficient (Wildman–Crippen LogP) is 3.99. The van der Waals surface area contributed by atoms with Crippen LogP contribution in [0.25, 0.3) is 0 Å². The molecule has 0 bridgehead atoms. The lowest BCUT2D eigenvalue weighted by molar-refractivity contribution is -0.119. The van der Waals surface area contributed by atoms with Crippen LogP contribution in [-0.2, 0) is 4.79 Å². The van der Waals surface area contributed by atoms with Gasteiger partial charge in [-0.2, -0.15) is 0 Å². The number of ketones is 1. The molecule has 4 rings (SSSR count). The van der Waals surface area contributed by atoms with Crippen molar-refractivity contribution in [1.29, 1.82) is 0 Å². The average Bonchev–Trinajstić information content (AvgIpc) is 2.90. The standard InChI is InChI=1S/C25H21FN4O3/c1-15(31)16-11-13-17(14-12-16)27-25(33)29-23-24(32)30(2)21-10-6-4-8-19(21)22(28-23)18-7-3-5-9-20(18)26/h3-14,23H,1-2H3,(H2,27,29,33). The van der Waals surface area contributed by atoms with Crippen LogP contribution in [-0.4, -0.2) is 36.6 Å². The van der Waals surface area contributed by atoms with Crippen molar-refractivity contribution in [2.75, 3.05) is 17.3 Å². The van der Waals surface area contributed by atoms with Crippen LogP contribution < -0.4 is 15.5 Å². The van der Waals surface area contributed by atoms with Crippen molar-refractivity contribution < 1.29 is 18.8 Å². The first kappa shape index (κ1) is 21.9. The molecule has 0 saturated heterocycles. The number of Topliss-reactive ketones (excluding diaryl/α,β-unsaturated/α-hetero) is 1. The van der Waals surface area contributed by atoms with E-state index in [1.165, 1.54) is 17.9 Å². The Bertz CT molecular complexity index is 1270. The molecule has 3 aromatic rings. The number of para-hydroxylation sites is 1. The zero-order valence-corrected chi connectivity index (χ0v) is 18.0. The zero-order chi connectivity index (χ0) is 23.5. The molecule has 2 N–H and O–H groups in total. The molecular formula is C25H21FN4O3. The summed E-state index contributed by atoms with van der Waals surface area (Å²) in [6.45, 7) is 1.45. The number of rotatable bonds is 4. The number of carbonyl (C=O) groups excluding carboxylic acids is 3. The van der Waals surface area contributed by atoms with Crippen molar-refractivity contribution in [3.63, 3.8) is 0 Å². The summed E-state index contributed by atoms with van der Waals surface area (Å²) in [5, 5.41) is 5.18. The van der Waals surface area contributed by atoms with Gasteiger partial charge in [0.25, 0.3) is 5.91 Å². The molecule has 0 spiro atoms. The molecular weight excluding hydrogens is 423 g/mol. The Morgan fingerprint density at radius 3 is 2.24 bits per heavy atom. The van der Waals surface area contributed by atoms with E-state index in [9.17, 15) is 18.8 Å². The Labute approximate surface area is 189 Å². The third kappa shape index (κ3) is 4.50. The number of aliphatic imine (C=N–C) groups is 1. The molecule has 0 aliphatic carbocycles. The van der Waals surface area contributed by atoms with Gasteiger partial charge in [-0.3, -0.25) is 9.59 Å². The largest absolute Gasteiger partial charge is 0.321 e. The monoisotopic (exact) mass is 444 g/mol. The lowest BCUT2D eigenvalue weighted by atomic mass is 10.00. The second-order valence-corrected chi connectivity index (χ2v) is 7.51. The highest BCUT2D eigenvalue weighted by Crippen LogP contribution is 2.28. The van der Waals surface area contributed by atoms with Crippen LogP contribution in [0.5, 0.6) is 0 Å². The van der Waals surface area contributed by atoms with Crippen LogP contribution >= 0.6 is 0 Å². The SMILES string of the molecule is CC(=O)c1ccc(NC(=O)NC2N=C(c3ccccc3F)c3ccccc3N(C)C2=O)cc1. The van der Waals surface area contributed by atoms with E-state index in [4.69, 9.17) is 0 Å². The highest BCUT2D eigenvalue weighted by molar-refractivity contribution is 6.20. The van der Waals surface area contributed by atoms with Gasteiger partial charge in [-0.05, 0) is 49.4 Å². The van der Waals surface area contributed by atoms with Gasteiger partial charge in [0, 0.05) is 29.4 Å². The summed E-state index contributed by atoms with van der Waals surface area (Å²) in [5.74, 6) is -1.06. The minimum absolute atomic E-state index is 0.0901. The van der Waals surface area contributed by atoms with Gasteiger partial charge in [-0.15, -0.1) is 0 Å². The minimum atomic E-state index is -1.28. The third-order valence-electron chi connectivity index (χ3n) is 5.29. The average molecular weight is 444 g/mol. The number of anilines is 2. The molecule has 1 aliphatic rings. The number of benzene rings is 3. The van der Waals surface area contributed by atoms with E-state index in [0.717, 1.165) is 0 Å². The Balaban J connectivity index is 1.66. The second-order valence-electron chi connectivity index (χ2n) is 7.51. The number of halogens is 1. The van der Waals surface area contributed by atoms with Crippen molar-refractivity contribution >= 4 is 34.8 Å². The van der Waals surface area contributed by atoms with Gasteiger partial charge >= 0.3 is 6.03 Å². The van der Waals surface area contributed by atoms with Crippen molar-refractivity contribution in [1.82, 2.24) is 5.32 Å². The predicted molar refractivity (Wildman–Crippen MR) is 124 cm³/mol. The highest BCUT2D eigenvalue weighted by atomic mass is 19.1. The maximum atomic E-state index is 14.7. The fraction of sp³-hybridized carbons (Fsp3) is 0.120. The maximum Gasteiger partial charge on any atom is 0.321 e. The van der Waals surface area contributed by atoms with Gasteiger partial charge < -0.3 is 15.5 Å². The Morgan fingerprint density at radius 1 is 0.939 bits per heavy atom. The summed E-state index contributed by atoms with van der Waals surface area (Å²) in [4.78, 5) is 43.0. The highest BCUT2D eigenvalue weighted by Gasteiger charge is 2.31. The minimum Gasteiger partial charge on any atom is -0.311 e. The molecule has 3 aromatic carbocycles. The van der Waals surface area contributed by atoms with Crippen molar-refractivity contribution in [2.24, 2.45) is 4.99 Å². The number of carbonyl (C=O) groups is 3. The molecule has 1 heterocycles. The maximum absolute atomic E-state index is 14.7. The number of benzodiazepines with no additional fused rings is 1. The first-order chi connectivity index (χ1) is 15.8. The third-order valence-corrected chi connectivity index (χ3v) is 5.29. The number of nitrogens with zero attached hydrogens (tertiary/aromatic N) is 2. The number of fused-ring (bicyclic) bond motifs is 1. The topological polar surface area (TPSA) is 90.9 Å². The van der Waals surface area contributed by atoms with Crippen molar-refractivity contribution in [3.05, 3.63) is 95.3 Å². The molecule has 1 aliphatic heterocycles. The molecule has 8 heteroatoms. The van der Waals surface area contributed by atoms with Crippen molar-refractivity contribution in [2.45, 2.75) is 13.1 Å². The molecule has 0 aromatic heterocycles. The number of hydrogen-bond donors (Lipinski definition) is 2. The normalized spacial score (nSPS) is 15.2. The van der Waals surface area contributed by atoms with Gasteiger partial charge in [0.2, 0.25) is 6.17 Å². The van der Waals surface area contributed by atoms with E-state index in [1.807, 2.05) is 0 Å². The fourth-order valence-electron chi connectivity index (χ4n) is 3.56. The number of amides is 3. The summed E-state index contributed by atoms with van der Waals surface area (Å²) < 4.78 is 14.7. The van der Waals surface area contributed by atoms with E-state index < -0.39 is 23.9 Å². The van der Waals surface area contributed by atoms with E-state index in [0.29, 0.717) is 22.5 Å². The summed E-state index contributed by atoms with van der Waals surface area (Å²) in [5.41, 5.74) is 2.56. The van der Waals surface area contributed by atoms with Crippen LogP contribution in [0.3, 0.4) is 0 Å². The van der Waals surface area contributed by atoms with Gasteiger partial charge in [0.15, 0.2) is 5.78 Å². The molecule has 0 radical (unpaired) electrons. The van der Waals surface area contributed by atoms with Gasteiger partial charge in [0.05, 0.1) is 11.4 Å². The Hall–Kier alpha value is -4.33. The molecule has 7 nitrogen and oxygen atoms in total. The molecule has 166 valence electrons. The van der Waals surface area contributed by atoms with Crippen molar-refractivity contribution in [3.8, 4) is 0 Å². The molecule has 3 amide bonds. The Morgan fingerprint density at radius 2 is 1.58 bits per heavy atom. The van der Waals surface area contributed by atoms with Crippen LogP contribution in [0.4, 0.5) is 20.6 Å². The van der Waals surface area contributed by atoms with E-state index in [1.54, 1.807) is 73.8 Å². The quantitative estimate of drug-likeness (QED) is 0.596. The lowest BCUT2D eigenvalue weighted by Crippen LogP contribution is -2.47. The van der Waals surface area contributed by atoms with Gasteiger partial charge in [0.1, 0.15) is 5.82 Å². The first-order valence-corrected chi connectivity index (χ1v) is 10.2. The lowest BCUT2D eigenvalue weighted by Gasteiger charge is -2.21. The molecule has 0 saturated carbocycles. The summed E-state index contributed by atoms with van der Waals surface area (Å²) in [6.07, 6.45) is -1.28. The van der Waals surface area contributed by atoms with Gasteiger partial charge in [-0.1, -0.05) is 30.3 Å². The smallest absolute Gasteiger partial charge is 0.311 e. The summed E-state index contributed by atoms with van der Waals surface area (Å²) in [6, 6.07) is 18.9. The van der Waals surface area contributed by atoms with Gasteiger partial charge in [-0.25, -0.2) is 14.2 Å². The van der Waals surface area contributed by atoms with Crippen LogP contribution in [0, 0.1) is 5.82 Å². The zero-order valence-electron chi connectivity index (χ0n) is 18.0. The summed E-state index contributed by atoms with van der Waals surface area (Å²) >= 11 is 0. The van der Waals surface area contributed by atoms with E-state index in [2.05, 4.69) is 15.6 Å². The molecule has 1 atom stereocenters. The number of urea groups is 1. The Kier molecular flexibility index (Phi) is 5.99. The first-order valence-electron chi connectivity index (χ1n) is 10.2. The number of likely N-dealkylation sites (N-methyl/N-ethyl adjacent to an activating group) is 1. The van der Waals surface area contributed by atoms with Crippen LogP contribution in [0.15, 0.2) is 77.8 Å². The number of nitrogens with one attached hydrogen (secondary N) is 2. The summed E-state index contributed by atoms with van der Waals surface area (Å²) in [7, 11) is 1.58. The van der Waals surface area contributed by atoms with E-state index >= 15 is 0 Å². The molecule has 1 unspecified atom stereocenters. The second kappa shape index (κ2) is 9.04. The van der Waals surface area contributed by atoms with Crippen LogP contribution in [0.1, 0.15) is 28.4 Å². The molecule has 33 heavy (non-hydrogen) atoms. The fourth-order valence-corrected chi connectivity index (χ4v) is 3.56. The van der Waals surface area contributed by atoms with Crippen LogP contribution in [0.2, 0.25) is 0 Å².